The van der Waals surface area contributed by atoms with Gasteiger partial charge in [-0.25, -0.2) is 4.39 Å². The van der Waals surface area contributed by atoms with Crippen molar-refractivity contribution in [2.24, 2.45) is 5.92 Å². The van der Waals surface area contributed by atoms with E-state index in [1.54, 1.807) is 12.1 Å². The Morgan fingerprint density at radius 3 is 2.42 bits per heavy atom. The molecule has 2 aromatic carbocycles. The zero-order valence-electron chi connectivity index (χ0n) is 13.4. The van der Waals surface area contributed by atoms with Crippen molar-refractivity contribution in [1.82, 2.24) is 5.32 Å². The minimum atomic E-state index is -0.464. The van der Waals surface area contributed by atoms with E-state index in [9.17, 15) is 14.0 Å². The summed E-state index contributed by atoms with van der Waals surface area (Å²) in [6.45, 7) is 3.95. The molecule has 126 valence electrons. The number of hydrogen-bond acceptors (Lipinski definition) is 2. The molecule has 0 spiro atoms. The average molecular weight is 393 g/mol. The van der Waals surface area contributed by atoms with Crippen LogP contribution in [0.5, 0.6) is 0 Å². The van der Waals surface area contributed by atoms with Gasteiger partial charge in [-0.3, -0.25) is 9.59 Å². The third-order valence-corrected chi connectivity index (χ3v) is 4.06. The lowest BCUT2D eigenvalue weighted by molar-refractivity contribution is -0.118. The van der Waals surface area contributed by atoms with Crippen LogP contribution in [0.4, 0.5) is 10.1 Å². The largest absolute Gasteiger partial charge is 0.348 e. The Kier molecular flexibility index (Phi) is 6.09. The maximum atomic E-state index is 13.2. The Bertz CT molecular complexity index is 745. The van der Waals surface area contributed by atoms with Gasteiger partial charge in [0.25, 0.3) is 5.91 Å². The molecular formula is C18H18BrFN2O2. The molecule has 0 fully saturated rings. The van der Waals surface area contributed by atoms with Crippen LogP contribution in [0.3, 0.4) is 0 Å². The quantitative estimate of drug-likeness (QED) is 0.803. The molecule has 0 aromatic heterocycles. The van der Waals surface area contributed by atoms with E-state index in [4.69, 9.17) is 0 Å². The maximum Gasteiger partial charge on any atom is 0.252 e. The third-order valence-electron chi connectivity index (χ3n) is 3.37. The second-order valence-corrected chi connectivity index (χ2v) is 6.50. The van der Waals surface area contributed by atoms with Crippen molar-refractivity contribution in [2.75, 3.05) is 5.32 Å². The van der Waals surface area contributed by atoms with Gasteiger partial charge in [0.2, 0.25) is 5.91 Å². The van der Waals surface area contributed by atoms with Crippen LogP contribution in [0.15, 0.2) is 46.9 Å². The van der Waals surface area contributed by atoms with E-state index in [2.05, 4.69) is 26.6 Å². The predicted molar refractivity (Wildman–Crippen MR) is 95.2 cm³/mol. The Hall–Kier alpha value is -2.21. The van der Waals surface area contributed by atoms with Crippen molar-refractivity contribution in [3.05, 3.63) is 63.9 Å². The number of carbonyl (C=O) groups is 2. The Morgan fingerprint density at radius 1 is 1.12 bits per heavy atom. The third kappa shape index (κ3) is 4.89. The molecule has 0 saturated carbocycles. The van der Waals surface area contributed by atoms with Crippen LogP contribution in [0.2, 0.25) is 0 Å². The summed E-state index contributed by atoms with van der Waals surface area (Å²) in [4.78, 5) is 23.7. The minimum Gasteiger partial charge on any atom is -0.348 e. The summed E-state index contributed by atoms with van der Waals surface area (Å²) >= 11 is 3.23. The molecule has 0 aliphatic heterocycles. The van der Waals surface area contributed by atoms with Crippen LogP contribution in [-0.4, -0.2) is 11.8 Å². The zero-order valence-corrected chi connectivity index (χ0v) is 15.0. The SMILES string of the molecule is CC(C)C(=O)Nc1ccc(CNC(=O)c2cc(F)ccc2Br)cc1. The number of halogens is 2. The molecule has 2 rings (SSSR count). The number of hydrogen-bond donors (Lipinski definition) is 2. The van der Waals surface area contributed by atoms with Gasteiger partial charge >= 0.3 is 0 Å². The molecule has 0 saturated heterocycles. The van der Waals surface area contributed by atoms with Crippen molar-refractivity contribution in [2.45, 2.75) is 20.4 Å². The van der Waals surface area contributed by atoms with Crippen molar-refractivity contribution in [3.8, 4) is 0 Å². The molecule has 2 aromatic rings. The number of benzene rings is 2. The molecule has 0 heterocycles. The number of nitrogens with one attached hydrogen (secondary N) is 2. The highest BCUT2D eigenvalue weighted by molar-refractivity contribution is 9.10. The van der Waals surface area contributed by atoms with Crippen LogP contribution in [0.25, 0.3) is 0 Å². The molecule has 2 N–H and O–H groups in total. The monoisotopic (exact) mass is 392 g/mol. The minimum absolute atomic E-state index is 0.0491. The molecule has 4 nitrogen and oxygen atoms in total. The van der Waals surface area contributed by atoms with E-state index in [0.29, 0.717) is 16.7 Å². The average Bonchev–Trinajstić information content (AvgIpc) is 2.56. The smallest absolute Gasteiger partial charge is 0.252 e. The Balaban J connectivity index is 1.96. The summed E-state index contributed by atoms with van der Waals surface area (Å²) in [5.41, 5.74) is 1.82. The standard InChI is InChI=1S/C18H18BrFN2O2/c1-11(2)17(23)22-14-6-3-12(4-7-14)10-21-18(24)15-9-13(20)5-8-16(15)19/h3-9,11H,10H2,1-2H3,(H,21,24)(H,22,23). The van der Waals surface area contributed by atoms with Crippen LogP contribution in [0, 0.1) is 11.7 Å². The van der Waals surface area contributed by atoms with Gasteiger partial charge in [-0.2, -0.15) is 0 Å². The van der Waals surface area contributed by atoms with Gasteiger partial charge in [-0.1, -0.05) is 26.0 Å². The first-order chi connectivity index (χ1) is 11.4. The van der Waals surface area contributed by atoms with Gasteiger partial charge in [0.05, 0.1) is 5.56 Å². The lowest BCUT2D eigenvalue weighted by Crippen LogP contribution is -2.23. The second-order valence-electron chi connectivity index (χ2n) is 5.65. The van der Waals surface area contributed by atoms with Crippen LogP contribution in [0.1, 0.15) is 29.8 Å². The van der Waals surface area contributed by atoms with Gasteiger partial charge in [-0.15, -0.1) is 0 Å². The number of amides is 2. The van der Waals surface area contributed by atoms with E-state index in [-0.39, 0.29) is 23.3 Å². The molecule has 0 aliphatic carbocycles. The first-order valence-corrected chi connectivity index (χ1v) is 8.29. The van der Waals surface area contributed by atoms with Gasteiger partial charge in [-0.05, 0) is 51.8 Å². The number of rotatable bonds is 5. The molecule has 24 heavy (non-hydrogen) atoms. The topological polar surface area (TPSA) is 58.2 Å². The highest BCUT2D eigenvalue weighted by Gasteiger charge is 2.11. The van der Waals surface area contributed by atoms with E-state index in [1.807, 2.05) is 26.0 Å². The van der Waals surface area contributed by atoms with Crippen molar-refractivity contribution in [1.29, 1.82) is 0 Å². The molecule has 0 aliphatic rings. The normalized spacial score (nSPS) is 10.5. The van der Waals surface area contributed by atoms with Crippen molar-refractivity contribution in [3.63, 3.8) is 0 Å². The lowest BCUT2D eigenvalue weighted by Gasteiger charge is -2.10. The van der Waals surface area contributed by atoms with Crippen LogP contribution in [-0.2, 0) is 11.3 Å². The van der Waals surface area contributed by atoms with E-state index in [1.165, 1.54) is 18.2 Å². The van der Waals surface area contributed by atoms with Gasteiger partial charge in [0.1, 0.15) is 5.82 Å². The first kappa shape index (κ1) is 18.1. The molecule has 0 radical (unpaired) electrons. The second kappa shape index (κ2) is 8.06. The maximum absolute atomic E-state index is 13.2. The Morgan fingerprint density at radius 2 is 1.79 bits per heavy atom. The highest BCUT2D eigenvalue weighted by atomic mass is 79.9. The zero-order chi connectivity index (χ0) is 17.7. The summed E-state index contributed by atoms with van der Waals surface area (Å²) in [6, 6.07) is 11.2. The highest BCUT2D eigenvalue weighted by Crippen LogP contribution is 2.18. The fraction of sp³-hybridized carbons (Fsp3) is 0.222. The summed E-state index contributed by atoms with van der Waals surface area (Å²) in [7, 11) is 0. The summed E-state index contributed by atoms with van der Waals surface area (Å²) in [6.07, 6.45) is 0. The number of carbonyl (C=O) groups excluding carboxylic acids is 2. The molecule has 0 unspecified atom stereocenters. The molecule has 6 heteroatoms. The fourth-order valence-electron chi connectivity index (χ4n) is 1.94. The summed E-state index contributed by atoms with van der Waals surface area (Å²) < 4.78 is 13.8. The molecule has 0 bridgehead atoms. The predicted octanol–water partition coefficient (Wildman–Crippen LogP) is 4.11. The van der Waals surface area contributed by atoms with Gasteiger partial charge in [0.15, 0.2) is 0 Å². The lowest BCUT2D eigenvalue weighted by atomic mass is 10.1. The summed E-state index contributed by atoms with van der Waals surface area (Å²) in [5, 5.41) is 5.54. The first-order valence-electron chi connectivity index (χ1n) is 7.50. The van der Waals surface area contributed by atoms with E-state index < -0.39 is 5.82 Å². The van der Waals surface area contributed by atoms with E-state index in [0.717, 1.165) is 5.56 Å². The molecule has 0 atom stereocenters. The van der Waals surface area contributed by atoms with Gasteiger partial charge in [0, 0.05) is 22.6 Å². The van der Waals surface area contributed by atoms with Crippen LogP contribution < -0.4 is 10.6 Å². The van der Waals surface area contributed by atoms with Crippen molar-refractivity contribution >= 4 is 33.4 Å². The van der Waals surface area contributed by atoms with Crippen LogP contribution >= 0.6 is 15.9 Å². The summed E-state index contributed by atoms with van der Waals surface area (Å²) in [5.74, 6) is -0.965. The molecule has 2 amide bonds. The van der Waals surface area contributed by atoms with Crippen molar-refractivity contribution < 1.29 is 14.0 Å². The Labute approximate surface area is 148 Å². The number of anilines is 1. The molecular weight excluding hydrogens is 375 g/mol. The van der Waals surface area contributed by atoms with Gasteiger partial charge < -0.3 is 10.6 Å². The fourth-order valence-corrected chi connectivity index (χ4v) is 2.37. The van der Waals surface area contributed by atoms with E-state index >= 15 is 0 Å².